The number of imide groups is 1. The summed E-state index contributed by atoms with van der Waals surface area (Å²) in [6, 6.07) is 16.6. The first-order valence-corrected chi connectivity index (χ1v) is 15.8. The Hall–Kier alpha value is -3.59. The number of rotatable bonds is 6. The Morgan fingerprint density at radius 1 is 0.977 bits per heavy atom. The predicted octanol–water partition coefficient (Wildman–Crippen LogP) is 8.24. The average Bonchev–Trinajstić information content (AvgIpc) is 3.26. The topological polar surface area (TPSA) is 93.6 Å². The number of carbonyl (C=O) groups is 4. The van der Waals surface area contributed by atoms with Crippen LogP contribution in [0.3, 0.4) is 0 Å². The molecule has 3 aromatic carbocycles. The van der Waals surface area contributed by atoms with E-state index in [1.54, 1.807) is 67.6 Å². The van der Waals surface area contributed by atoms with Gasteiger partial charge in [0.2, 0.25) is 11.8 Å². The Labute approximate surface area is 272 Å². The van der Waals surface area contributed by atoms with Crippen LogP contribution < -0.4 is 4.90 Å². The lowest BCUT2D eigenvalue weighted by Crippen LogP contribution is -2.30. The van der Waals surface area contributed by atoms with Crippen molar-refractivity contribution in [2.75, 3.05) is 11.5 Å². The molecule has 3 atom stereocenters. The number of fused-ring (bicyclic) bond motifs is 2. The number of anilines is 1. The zero-order chi connectivity index (χ0) is 31.3. The molecule has 2 amide bonds. The molecule has 0 spiro atoms. The van der Waals surface area contributed by atoms with Gasteiger partial charge < -0.3 is 4.74 Å². The van der Waals surface area contributed by atoms with Gasteiger partial charge in [-0.1, -0.05) is 42.3 Å². The number of halogens is 3. The Morgan fingerprint density at radius 2 is 1.66 bits per heavy atom. The largest absolute Gasteiger partial charge is 0.454 e. The first kappa shape index (κ1) is 30.4. The number of aryl methyl sites for hydroxylation is 1. The normalized spacial score (nSPS) is 19.8. The van der Waals surface area contributed by atoms with Crippen LogP contribution >= 0.6 is 39.1 Å². The number of carbonyl (C=O) groups excluding carboxylic acids is 4. The van der Waals surface area contributed by atoms with Crippen molar-refractivity contribution in [2.45, 2.75) is 33.1 Å². The van der Waals surface area contributed by atoms with Crippen molar-refractivity contribution in [3.8, 4) is 11.3 Å². The molecule has 0 N–H and O–H groups in total. The van der Waals surface area contributed by atoms with Gasteiger partial charge in [0.15, 0.2) is 12.4 Å². The molecule has 1 saturated heterocycles. The summed E-state index contributed by atoms with van der Waals surface area (Å²) in [5.74, 6) is -1.45. The quantitative estimate of drug-likeness (QED) is 0.115. The maximum absolute atomic E-state index is 13.4. The molecule has 2 heterocycles. The molecule has 2 fully saturated rings. The summed E-state index contributed by atoms with van der Waals surface area (Å²) in [4.78, 5) is 58.7. The van der Waals surface area contributed by atoms with Crippen molar-refractivity contribution in [3.05, 3.63) is 91.9 Å². The summed E-state index contributed by atoms with van der Waals surface area (Å²) in [5.41, 5.74) is 3.37. The highest BCUT2D eigenvalue weighted by molar-refractivity contribution is 9.10. The summed E-state index contributed by atoms with van der Waals surface area (Å²) in [7, 11) is 0. The van der Waals surface area contributed by atoms with Crippen LogP contribution in [-0.4, -0.2) is 35.2 Å². The first-order valence-electron chi connectivity index (χ1n) is 14.3. The zero-order valence-electron chi connectivity index (χ0n) is 23.9. The second kappa shape index (κ2) is 12.1. The lowest BCUT2D eigenvalue weighted by atomic mass is 9.76. The lowest BCUT2D eigenvalue weighted by Gasteiger charge is -2.25. The van der Waals surface area contributed by atoms with Crippen molar-refractivity contribution in [1.82, 2.24) is 4.98 Å². The third kappa shape index (κ3) is 5.55. The van der Waals surface area contributed by atoms with E-state index in [9.17, 15) is 19.2 Å². The van der Waals surface area contributed by atoms with Crippen LogP contribution in [0.15, 0.2) is 65.1 Å². The van der Waals surface area contributed by atoms with Gasteiger partial charge in [-0.2, -0.15) is 0 Å². The second-order valence-corrected chi connectivity index (χ2v) is 13.1. The molecular formula is C34H27BrCl2N2O5. The Balaban J connectivity index is 1.32. The smallest absolute Gasteiger partial charge is 0.339 e. The summed E-state index contributed by atoms with van der Waals surface area (Å²) in [6.07, 6.45) is 2.40. The molecule has 1 aromatic heterocycles. The number of amides is 2. The standard InChI is InChI=1S/C34H27BrCl2N2O5/c1-17-3-12-23-25(13-17)33(42)39(32(23)41)22-10-6-19(7-11-22)28-15-26(24-14-27(35)30(37)18(2)31(24)38-28)34(43)44-16-29(40)20-4-8-21(36)9-5-20/h4-11,14-15,17,23,25H,3,12-13,16H2,1-2H3. The maximum Gasteiger partial charge on any atom is 0.339 e. The van der Waals surface area contributed by atoms with Gasteiger partial charge >= 0.3 is 5.97 Å². The van der Waals surface area contributed by atoms with Crippen molar-refractivity contribution < 1.29 is 23.9 Å². The Bertz CT molecular complexity index is 1840. The molecule has 7 nitrogen and oxygen atoms in total. The van der Waals surface area contributed by atoms with Crippen LogP contribution in [0.2, 0.25) is 10.0 Å². The van der Waals surface area contributed by atoms with E-state index in [0.717, 1.165) is 19.3 Å². The molecule has 224 valence electrons. The fourth-order valence-corrected chi connectivity index (χ4v) is 6.93. The third-order valence-corrected chi connectivity index (χ3v) is 10.1. The van der Waals surface area contributed by atoms with Gasteiger partial charge in [0.1, 0.15) is 0 Å². The fourth-order valence-electron chi connectivity index (χ4n) is 6.13. The number of esters is 1. The minimum atomic E-state index is -0.698. The molecule has 10 heteroatoms. The molecule has 44 heavy (non-hydrogen) atoms. The Kier molecular flexibility index (Phi) is 8.35. The number of benzene rings is 3. The SMILES string of the molecule is Cc1c(Cl)c(Br)cc2c(C(=O)OCC(=O)c3ccc(Cl)cc3)cc(-c3ccc(N4C(=O)C5CCC(C)CC5C4=O)cc3)nc12. The van der Waals surface area contributed by atoms with E-state index >= 15 is 0 Å². The minimum Gasteiger partial charge on any atom is -0.454 e. The molecule has 2 aliphatic rings. The highest BCUT2D eigenvalue weighted by atomic mass is 79.9. The molecule has 1 aliphatic carbocycles. The molecule has 1 aliphatic heterocycles. The number of hydrogen-bond donors (Lipinski definition) is 0. The van der Waals surface area contributed by atoms with Crippen LogP contribution in [0.25, 0.3) is 22.2 Å². The number of aromatic nitrogens is 1. The van der Waals surface area contributed by atoms with Crippen molar-refractivity contribution in [1.29, 1.82) is 0 Å². The van der Waals surface area contributed by atoms with Gasteiger partial charge in [-0.15, -0.1) is 0 Å². The van der Waals surface area contributed by atoms with Gasteiger partial charge in [-0.05, 0) is 102 Å². The molecule has 0 bridgehead atoms. The number of pyridine rings is 1. The summed E-state index contributed by atoms with van der Waals surface area (Å²) in [6.45, 7) is 3.47. The number of ketones is 1. The maximum atomic E-state index is 13.4. The second-order valence-electron chi connectivity index (χ2n) is 11.4. The van der Waals surface area contributed by atoms with E-state index in [1.165, 1.54) is 4.90 Å². The molecule has 6 rings (SSSR count). The highest BCUT2D eigenvalue weighted by Gasteiger charge is 2.49. The van der Waals surface area contributed by atoms with Crippen LogP contribution in [0.4, 0.5) is 5.69 Å². The van der Waals surface area contributed by atoms with E-state index < -0.39 is 12.6 Å². The average molecular weight is 694 g/mol. The lowest BCUT2D eigenvalue weighted by molar-refractivity contribution is -0.122. The van der Waals surface area contributed by atoms with E-state index in [1.807, 2.05) is 0 Å². The van der Waals surface area contributed by atoms with E-state index in [4.69, 9.17) is 32.9 Å². The summed E-state index contributed by atoms with van der Waals surface area (Å²) < 4.78 is 6.06. The fraction of sp³-hybridized carbons (Fsp3) is 0.265. The third-order valence-electron chi connectivity index (χ3n) is 8.55. The molecule has 0 radical (unpaired) electrons. The predicted molar refractivity (Wildman–Crippen MR) is 173 cm³/mol. The first-order chi connectivity index (χ1) is 21.0. The van der Waals surface area contributed by atoms with Crippen LogP contribution in [0.1, 0.15) is 52.5 Å². The van der Waals surface area contributed by atoms with Gasteiger partial charge in [-0.25, -0.2) is 9.78 Å². The molecule has 4 aromatic rings. The molecule has 3 unspecified atom stereocenters. The number of hydrogen-bond acceptors (Lipinski definition) is 6. The number of ether oxygens (including phenoxy) is 1. The van der Waals surface area contributed by atoms with Crippen molar-refractivity contribution in [3.63, 3.8) is 0 Å². The molecular weight excluding hydrogens is 667 g/mol. The van der Waals surface area contributed by atoms with E-state index in [2.05, 4.69) is 22.9 Å². The van der Waals surface area contributed by atoms with Crippen molar-refractivity contribution >= 4 is 79.3 Å². The van der Waals surface area contributed by atoms with Gasteiger partial charge in [0.25, 0.3) is 0 Å². The van der Waals surface area contributed by atoms with Crippen LogP contribution in [0, 0.1) is 24.7 Å². The zero-order valence-corrected chi connectivity index (χ0v) is 27.0. The van der Waals surface area contributed by atoms with Gasteiger partial charge in [0.05, 0.1) is 39.3 Å². The van der Waals surface area contributed by atoms with Crippen molar-refractivity contribution in [2.24, 2.45) is 17.8 Å². The van der Waals surface area contributed by atoms with Crippen LogP contribution in [0.5, 0.6) is 0 Å². The van der Waals surface area contributed by atoms with E-state index in [-0.39, 0.29) is 35.0 Å². The summed E-state index contributed by atoms with van der Waals surface area (Å²) in [5, 5.41) is 1.46. The van der Waals surface area contributed by atoms with Gasteiger partial charge in [0, 0.05) is 26.0 Å². The monoisotopic (exact) mass is 692 g/mol. The van der Waals surface area contributed by atoms with Crippen LogP contribution in [-0.2, 0) is 14.3 Å². The minimum absolute atomic E-state index is 0.141. The van der Waals surface area contributed by atoms with Gasteiger partial charge in [-0.3, -0.25) is 19.3 Å². The highest BCUT2D eigenvalue weighted by Crippen LogP contribution is 2.42. The number of Topliss-reactive ketones (excluding diaryl/α,β-unsaturated/α-hetero) is 1. The number of nitrogens with zero attached hydrogens (tertiary/aromatic N) is 2. The summed E-state index contributed by atoms with van der Waals surface area (Å²) >= 11 is 15.9. The molecule has 1 saturated carbocycles. The van der Waals surface area contributed by atoms with E-state index in [0.29, 0.717) is 59.4 Å². The Morgan fingerprint density at radius 3 is 2.36 bits per heavy atom.